The second kappa shape index (κ2) is 5.77. The molecule has 0 saturated carbocycles. The third-order valence-corrected chi connectivity index (χ3v) is 2.30. The average Bonchev–Trinajstić information content (AvgIpc) is 2.47. The number of hydrazine groups is 1. The fraction of sp³-hybridized carbons (Fsp3) is 0.0909. The lowest BCUT2D eigenvalue weighted by Crippen LogP contribution is -2.13. The summed E-state index contributed by atoms with van der Waals surface area (Å²) in [6.07, 6.45) is 0. The summed E-state index contributed by atoms with van der Waals surface area (Å²) in [6, 6.07) is 5.94. The topological polar surface area (TPSA) is 122 Å². The molecule has 0 unspecified atom stereocenters. The summed E-state index contributed by atoms with van der Waals surface area (Å²) in [7, 11) is 1.38. The average molecular weight is 275 g/mol. The van der Waals surface area contributed by atoms with Crippen molar-refractivity contribution in [1.29, 1.82) is 5.26 Å². The number of nitriles is 1. The number of nitrogens with two attached hydrogens (primary N) is 1. The van der Waals surface area contributed by atoms with Gasteiger partial charge in [-0.3, -0.25) is 5.43 Å². The maximum Gasteiger partial charge on any atom is 0.322 e. The molecule has 0 bridgehead atoms. The smallest absolute Gasteiger partial charge is 0.322 e. The predicted molar refractivity (Wildman–Crippen MR) is 68.6 cm³/mol. The van der Waals surface area contributed by atoms with Crippen LogP contribution in [0.1, 0.15) is 5.56 Å². The molecular formula is C11H10FN7O. The zero-order valence-corrected chi connectivity index (χ0v) is 10.4. The highest BCUT2D eigenvalue weighted by Crippen LogP contribution is 2.21. The molecular weight excluding hydrogens is 265 g/mol. The van der Waals surface area contributed by atoms with Gasteiger partial charge >= 0.3 is 6.01 Å². The predicted octanol–water partition coefficient (Wildman–Crippen LogP) is 0.920. The Labute approximate surface area is 113 Å². The number of ether oxygens (including phenoxy) is 1. The van der Waals surface area contributed by atoms with Crippen LogP contribution in [0.15, 0.2) is 18.2 Å². The van der Waals surface area contributed by atoms with Crippen molar-refractivity contribution in [3.8, 4) is 12.1 Å². The van der Waals surface area contributed by atoms with Gasteiger partial charge < -0.3 is 10.1 Å². The summed E-state index contributed by atoms with van der Waals surface area (Å²) in [5.41, 5.74) is 2.33. The molecule has 0 aliphatic heterocycles. The number of hydrogen-bond donors (Lipinski definition) is 3. The van der Waals surface area contributed by atoms with Gasteiger partial charge in [0.1, 0.15) is 17.4 Å². The zero-order valence-electron chi connectivity index (χ0n) is 10.4. The van der Waals surface area contributed by atoms with Crippen molar-refractivity contribution >= 4 is 17.6 Å². The van der Waals surface area contributed by atoms with Gasteiger partial charge in [0.25, 0.3) is 0 Å². The third kappa shape index (κ3) is 2.70. The second-order valence-electron chi connectivity index (χ2n) is 3.51. The molecule has 0 spiro atoms. The first kappa shape index (κ1) is 13.4. The molecule has 9 heteroatoms. The molecule has 0 aliphatic carbocycles. The molecule has 2 rings (SSSR count). The van der Waals surface area contributed by atoms with Crippen molar-refractivity contribution in [3.63, 3.8) is 0 Å². The van der Waals surface area contributed by atoms with E-state index in [1.54, 1.807) is 6.07 Å². The number of rotatable bonds is 4. The molecule has 2 aromatic rings. The van der Waals surface area contributed by atoms with Gasteiger partial charge in [-0.2, -0.15) is 20.2 Å². The van der Waals surface area contributed by atoms with Crippen LogP contribution in [0, 0.1) is 17.1 Å². The van der Waals surface area contributed by atoms with Gasteiger partial charge in [0.05, 0.1) is 12.8 Å². The molecule has 1 heterocycles. The number of nitrogen functional groups attached to an aromatic ring is 1. The van der Waals surface area contributed by atoms with Crippen molar-refractivity contribution in [2.75, 3.05) is 17.9 Å². The van der Waals surface area contributed by atoms with E-state index in [1.165, 1.54) is 25.3 Å². The molecule has 0 fully saturated rings. The van der Waals surface area contributed by atoms with Crippen LogP contribution < -0.4 is 21.3 Å². The number of nitrogens with zero attached hydrogens (tertiary/aromatic N) is 4. The highest BCUT2D eigenvalue weighted by Gasteiger charge is 2.11. The Morgan fingerprint density at radius 2 is 2.05 bits per heavy atom. The van der Waals surface area contributed by atoms with Gasteiger partial charge in [0.15, 0.2) is 0 Å². The third-order valence-electron chi connectivity index (χ3n) is 2.30. The van der Waals surface area contributed by atoms with Crippen LogP contribution in [0.5, 0.6) is 6.01 Å². The number of hydrogen-bond acceptors (Lipinski definition) is 8. The van der Waals surface area contributed by atoms with Gasteiger partial charge in [-0.05, 0) is 12.1 Å². The first-order valence-electron chi connectivity index (χ1n) is 5.40. The van der Waals surface area contributed by atoms with Crippen LogP contribution in [0.25, 0.3) is 0 Å². The Kier molecular flexibility index (Phi) is 3.88. The lowest BCUT2D eigenvalue weighted by atomic mass is 10.2. The van der Waals surface area contributed by atoms with Crippen LogP contribution in [0.2, 0.25) is 0 Å². The van der Waals surface area contributed by atoms with E-state index < -0.39 is 5.82 Å². The van der Waals surface area contributed by atoms with E-state index in [1.807, 2.05) is 0 Å². The minimum absolute atomic E-state index is 0.0189. The van der Waals surface area contributed by atoms with E-state index in [0.717, 1.165) is 0 Å². The number of anilines is 3. The zero-order chi connectivity index (χ0) is 14.5. The first-order valence-corrected chi connectivity index (χ1v) is 5.40. The first-order chi connectivity index (χ1) is 9.67. The van der Waals surface area contributed by atoms with Crippen LogP contribution in [0.4, 0.5) is 22.0 Å². The lowest BCUT2D eigenvalue weighted by Gasteiger charge is -2.09. The fourth-order valence-corrected chi connectivity index (χ4v) is 1.43. The summed E-state index contributed by atoms with van der Waals surface area (Å²) >= 11 is 0. The summed E-state index contributed by atoms with van der Waals surface area (Å²) in [5.74, 6) is 4.70. The highest BCUT2D eigenvalue weighted by atomic mass is 19.1. The number of nitrogens with one attached hydrogen (secondary N) is 2. The maximum absolute atomic E-state index is 13.5. The Morgan fingerprint density at radius 1 is 1.30 bits per heavy atom. The Morgan fingerprint density at radius 3 is 2.70 bits per heavy atom. The van der Waals surface area contributed by atoms with Crippen molar-refractivity contribution in [2.45, 2.75) is 0 Å². The normalized spacial score (nSPS) is 9.70. The summed E-state index contributed by atoms with van der Waals surface area (Å²) < 4.78 is 18.3. The van der Waals surface area contributed by atoms with Crippen molar-refractivity contribution < 1.29 is 9.13 Å². The van der Waals surface area contributed by atoms with Gasteiger partial charge in [-0.15, -0.1) is 0 Å². The van der Waals surface area contributed by atoms with Gasteiger partial charge in [-0.1, -0.05) is 6.07 Å². The SMILES string of the molecule is COc1nc(NN)nc(Nc2cccc(F)c2C#N)n1. The Bertz CT molecular complexity index is 648. The molecule has 8 nitrogen and oxygen atoms in total. The van der Waals surface area contributed by atoms with E-state index in [-0.39, 0.29) is 29.2 Å². The number of benzene rings is 1. The molecule has 0 amide bonds. The lowest BCUT2D eigenvalue weighted by molar-refractivity contribution is 0.379. The van der Waals surface area contributed by atoms with Crippen molar-refractivity contribution in [1.82, 2.24) is 15.0 Å². The molecule has 1 aromatic carbocycles. The van der Waals surface area contributed by atoms with Gasteiger partial charge in [0.2, 0.25) is 11.9 Å². The van der Waals surface area contributed by atoms with E-state index in [9.17, 15) is 4.39 Å². The standard InChI is InChI=1S/C11H10FN7O/c1-20-11-17-9(16-10(18-11)19-14)15-8-4-2-3-7(12)6(8)5-13/h2-4H,14H2,1H3,(H2,15,16,17,18,19). The number of halogens is 1. The molecule has 20 heavy (non-hydrogen) atoms. The quantitative estimate of drug-likeness (QED) is 0.556. The molecule has 0 saturated heterocycles. The van der Waals surface area contributed by atoms with E-state index in [0.29, 0.717) is 0 Å². The van der Waals surface area contributed by atoms with Crippen molar-refractivity contribution in [2.24, 2.45) is 5.84 Å². The number of methoxy groups -OCH3 is 1. The largest absolute Gasteiger partial charge is 0.467 e. The number of aromatic nitrogens is 3. The highest BCUT2D eigenvalue weighted by molar-refractivity contribution is 5.63. The Hall–Kier alpha value is -2.99. The van der Waals surface area contributed by atoms with Crippen molar-refractivity contribution in [3.05, 3.63) is 29.6 Å². The summed E-state index contributed by atoms with van der Waals surface area (Å²) in [4.78, 5) is 11.6. The van der Waals surface area contributed by atoms with Crippen LogP contribution in [-0.4, -0.2) is 22.1 Å². The van der Waals surface area contributed by atoms with E-state index in [2.05, 4.69) is 25.7 Å². The Balaban J connectivity index is 2.40. The van der Waals surface area contributed by atoms with E-state index in [4.69, 9.17) is 15.8 Å². The molecule has 1 aromatic heterocycles. The molecule has 4 N–H and O–H groups in total. The minimum Gasteiger partial charge on any atom is -0.467 e. The van der Waals surface area contributed by atoms with E-state index >= 15 is 0 Å². The monoisotopic (exact) mass is 275 g/mol. The van der Waals surface area contributed by atoms with Crippen LogP contribution in [-0.2, 0) is 0 Å². The summed E-state index contributed by atoms with van der Waals surface area (Å²) in [6.45, 7) is 0. The second-order valence-corrected chi connectivity index (χ2v) is 3.51. The molecule has 0 radical (unpaired) electrons. The molecule has 102 valence electrons. The summed E-state index contributed by atoms with van der Waals surface area (Å²) in [5, 5.41) is 11.7. The molecule has 0 atom stereocenters. The molecule has 0 aliphatic rings. The fourth-order valence-electron chi connectivity index (χ4n) is 1.43. The van der Waals surface area contributed by atoms with Gasteiger partial charge in [0, 0.05) is 0 Å². The maximum atomic E-state index is 13.5. The minimum atomic E-state index is -0.643. The van der Waals surface area contributed by atoms with Crippen LogP contribution in [0.3, 0.4) is 0 Å². The van der Waals surface area contributed by atoms with Crippen LogP contribution >= 0.6 is 0 Å². The van der Waals surface area contributed by atoms with Gasteiger partial charge in [-0.25, -0.2) is 10.2 Å².